The Morgan fingerprint density at radius 2 is 2.12 bits per heavy atom. The number of benzene rings is 1. The molecular formula is C18H17FN4O2. The Labute approximate surface area is 143 Å². The number of carbonyl (C=O) groups excluding carboxylic acids is 1. The number of hydrogen-bond acceptors (Lipinski definition) is 3. The Morgan fingerprint density at radius 3 is 2.84 bits per heavy atom. The van der Waals surface area contributed by atoms with Crippen LogP contribution in [0, 0.1) is 12.7 Å². The van der Waals surface area contributed by atoms with Gasteiger partial charge in [0.05, 0.1) is 17.9 Å². The van der Waals surface area contributed by atoms with E-state index in [0.29, 0.717) is 5.69 Å². The van der Waals surface area contributed by atoms with E-state index in [4.69, 9.17) is 0 Å². The molecule has 2 heterocycles. The molecule has 1 amide bonds. The van der Waals surface area contributed by atoms with Crippen molar-refractivity contribution in [2.75, 3.05) is 0 Å². The third-order valence-corrected chi connectivity index (χ3v) is 3.98. The fourth-order valence-corrected chi connectivity index (χ4v) is 2.67. The minimum absolute atomic E-state index is 0.0459. The highest BCUT2D eigenvalue weighted by molar-refractivity contribution is 5.94. The van der Waals surface area contributed by atoms with Crippen LogP contribution >= 0.6 is 0 Å². The van der Waals surface area contributed by atoms with Crippen molar-refractivity contribution in [2.45, 2.75) is 19.9 Å². The summed E-state index contributed by atoms with van der Waals surface area (Å²) in [6.07, 6.45) is 3.09. The van der Waals surface area contributed by atoms with E-state index >= 15 is 0 Å². The molecule has 7 heteroatoms. The lowest BCUT2D eigenvalue weighted by molar-refractivity contribution is 0.0938. The van der Waals surface area contributed by atoms with Crippen LogP contribution in [0.25, 0.3) is 5.69 Å². The van der Waals surface area contributed by atoms with Crippen molar-refractivity contribution in [1.82, 2.24) is 20.1 Å². The molecule has 3 aromatic rings. The standard InChI is InChI=1S/C18H17FN4O2/c1-11(22-18(25)15-7-4-8-20-17(15)24)16-10-21-23(12(16)2)14-6-3-5-13(19)9-14/h3-11H,1-2H3,(H,20,24)(H,22,25)/t11-/m0/s1. The Kier molecular flexibility index (Phi) is 4.47. The van der Waals surface area contributed by atoms with E-state index in [2.05, 4.69) is 15.4 Å². The topological polar surface area (TPSA) is 79.8 Å². The highest BCUT2D eigenvalue weighted by atomic mass is 19.1. The number of nitrogens with zero attached hydrogens (tertiary/aromatic N) is 2. The Morgan fingerprint density at radius 1 is 1.32 bits per heavy atom. The Bertz CT molecular complexity index is 977. The quantitative estimate of drug-likeness (QED) is 0.766. The molecule has 25 heavy (non-hydrogen) atoms. The normalized spacial score (nSPS) is 12.0. The maximum Gasteiger partial charge on any atom is 0.260 e. The fraction of sp³-hybridized carbons (Fsp3) is 0.167. The summed E-state index contributed by atoms with van der Waals surface area (Å²) in [5.74, 6) is -0.814. The number of amides is 1. The first-order valence-corrected chi connectivity index (χ1v) is 7.76. The highest BCUT2D eigenvalue weighted by Crippen LogP contribution is 2.20. The molecule has 0 saturated heterocycles. The van der Waals surface area contributed by atoms with Crippen molar-refractivity contribution in [3.8, 4) is 5.69 Å². The third-order valence-electron chi connectivity index (χ3n) is 3.98. The van der Waals surface area contributed by atoms with E-state index in [1.54, 1.807) is 36.0 Å². The molecule has 0 fully saturated rings. The number of rotatable bonds is 4. The Balaban J connectivity index is 1.84. The Hall–Kier alpha value is -3.22. The summed E-state index contributed by atoms with van der Waals surface area (Å²) in [6, 6.07) is 8.80. The molecule has 0 bridgehead atoms. The van der Waals surface area contributed by atoms with Gasteiger partial charge in [-0.05, 0) is 44.2 Å². The fourth-order valence-electron chi connectivity index (χ4n) is 2.67. The van der Waals surface area contributed by atoms with Gasteiger partial charge < -0.3 is 10.3 Å². The second-order valence-electron chi connectivity index (χ2n) is 5.69. The molecule has 0 radical (unpaired) electrons. The summed E-state index contributed by atoms with van der Waals surface area (Å²) in [5, 5.41) is 7.06. The van der Waals surface area contributed by atoms with Gasteiger partial charge in [0, 0.05) is 17.5 Å². The number of aromatic nitrogens is 3. The third kappa shape index (κ3) is 3.35. The molecule has 0 aliphatic rings. The van der Waals surface area contributed by atoms with Gasteiger partial charge in [0.1, 0.15) is 11.4 Å². The molecule has 2 N–H and O–H groups in total. The zero-order chi connectivity index (χ0) is 18.0. The molecule has 0 aliphatic heterocycles. The zero-order valence-electron chi connectivity index (χ0n) is 13.8. The number of halogens is 1. The highest BCUT2D eigenvalue weighted by Gasteiger charge is 2.18. The minimum atomic E-state index is -0.466. The number of hydrogen-bond donors (Lipinski definition) is 2. The first kappa shape index (κ1) is 16.6. The van der Waals surface area contributed by atoms with Gasteiger partial charge in [-0.15, -0.1) is 0 Å². The number of carbonyl (C=O) groups is 1. The molecule has 1 aromatic carbocycles. The molecule has 6 nitrogen and oxygen atoms in total. The summed E-state index contributed by atoms with van der Waals surface area (Å²) in [5.41, 5.74) is 1.76. The van der Waals surface area contributed by atoms with Gasteiger partial charge in [0.2, 0.25) is 0 Å². The SMILES string of the molecule is Cc1c([C@H](C)NC(=O)c2ccc[nH]c2=O)cnn1-c1cccc(F)c1. The van der Waals surface area contributed by atoms with E-state index in [-0.39, 0.29) is 17.4 Å². The van der Waals surface area contributed by atoms with E-state index in [1.807, 2.05) is 6.92 Å². The molecule has 1 atom stereocenters. The van der Waals surface area contributed by atoms with Crippen molar-refractivity contribution < 1.29 is 9.18 Å². The van der Waals surface area contributed by atoms with Crippen LogP contribution in [0.2, 0.25) is 0 Å². The molecule has 0 saturated carbocycles. The van der Waals surface area contributed by atoms with Gasteiger partial charge in [0.25, 0.3) is 11.5 Å². The molecular weight excluding hydrogens is 323 g/mol. The van der Waals surface area contributed by atoms with Crippen LogP contribution < -0.4 is 10.9 Å². The van der Waals surface area contributed by atoms with Crippen molar-refractivity contribution >= 4 is 5.91 Å². The molecule has 0 unspecified atom stereocenters. The molecule has 2 aromatic heterocycles. The van der Waals surface area contributed by atoms with Crippen molar-refractivity contribution in [3.05, 3.63) is 81.8 Å². The first-order chi connectivity index (χ1) is 12.0. The van der Waals surface area contributed by atoms with E-state index in [0.717, 1.165) is 11.3 Å². The number of aromatic amines is 1. The van der Waals surface area contributed by atoms with Crippen LogP contribution in [0.4, 0.5) is 4.39 Å². The van der Waals surface area contributed by atoms with Crippen molar-refractivity contribution in [1.29, 1.82) is 0 Å². The van der Waals surface area contributed by atoms with Gasteiger partial charge in [-0.25, -0.2) is 9.07 Å². The van der Waals surface area contributed by atoms with Crippen molar-refractivity contribution in [3.63, 3.8) is 0 Å². The van der Waals surface area contributed by atoms with E-state index in [9.17, 15) is 14.0 Å². The van der Waals surface area contributed by atoms with E-state index in [1.165, 1.54) is 24.4 Å². The second kappa shape index (κ2) is 6.72. The summed E-state index contributed by atoms with van der Waals surface area (Å²) in [7, 11) is 0. The second-order valence-corrected chi connectivity index (χ2v) is 5.69. The van der Waals surface area contributed by atoms with Gasteiger partial charge in [0.15, 0.2) is 0 Å². The predicted octanol–water partition coefficient (Wildman–Crippen LogP) is 2.50. The predicted molar refractivity (Wildman–Crippen MR) is 91.2 cm³/mol. The number of pyridine rings is 1. The summed E-state index contributed by atoms with van der Waals surface area (Å²) < 4.78 is 15.0. The lowest BCUT2D eigenvalue weighted by Crippen LogP contribution is -2.31. The van der Waals surface area contributed by atoms with Crippen LogP contribution in [-0.2, 0) is 0 Å². The minimum Gasteiger partial charge on any atom is -0.345 e. The van der Waals surface area contributed by atoms with Gasteiger partial charge in [-0.1, -0.05) is 6.07 Å². The first-order valence-electron chi connectivity index (χ1n) is 7.76. The summed E-state index contributed by atoms with van der Waals surface area (Å²) in [4.78, 5) is 26.4. The number of H-pyrrole nitrogens is 1. The average Bonchev–Trinajstić information content (AvgIpc) is 2.96. The zero-order valence-corrected chi connectivity index (χ0v) is 13.8. The lowest BCUT2D eigenvalue weighted by Gasteiger charge is -2.14. The molecule has 0 spiro atoms. The van der Waals surface area contributed by atoms with Crippen LogP contribution in [0.15, 0.2) is 53.6 Å². The summed E-state index contributed by atoms with van der Waals surface area (Å²) in [6.45, 7) is 3.64. The monoisotopic (exact) mass is 340 g/mol. The van der Waals surface area contributed by atoms with Gasteiger partial charge in [-0.3, -0.25) is 9.59 Å². The maximum atomic E-state index is 13.4. The van der Waals surface area contributed by atoms with Gasteiger partial charge in [-0.2, -0.15) is 5.10 Å². The van der Waals surface area contributed by atoms with Crippen LogP contribution in [0.3, 0.4) is 0 Å². The molecule has 128 valence electrons. The lowest BCUT2D eigenvalue weighted by atomic mass is 10.1. The summed E-state index contributed by atoms with van der Waals surface area (Å²) >= 11 is 0. The largest absolute Gasteiger partial charge is 0.345 e. The molecule has 3 rings (SSSR count). The van der Waals surface area contributed by atoms with Crippen LogP contribution in [0.1, 0.15) is 34.6 Å². The smallest absolute Gasteiger partial charge is 0.260 e. The molecule has 0 aliphatic carbocycles. The number of nitrogens with one attached hydrogen (secondary N) is 2. The maximum absolute atomic E-state index is 13.4. The van der Waals surface area contributed by atoms with Gasteiger partial charge >= 0.3 is 0 Å². The van der Waals surface area contributed by atoms with Crippen LogP contribution in [0.5, 0.6) is 0 Å². The van der Waals surface area contributed by atoms with E-state index < -0.39 is 11.5 Å². The average molecular weight is 340 g/mol. The van der Waals surface area contributed by atoms with Crippen molar-refractivity contribution in [2.24, 2.45) is 0 Å². The van der Waals surface area contributed by atoms with Crippen LogP contribution in [-0.4, -0.2) is 20.7 Å².